The van der Waals surface area contributed by atoms with Gasteiger partial charge in [-0.25, -0.2) is 0 Å². The number of rotatable bonds is 10. The van der Waals surface area contributed by atoms with Crippen LogP contribution in [0.15, 0.2) is 42.5 Å². The molecule has 2 rings (SSSR count). The van der Waals surface area contributed by atoms with Crippen molar-refractivity contribution in [2.45, 2.75) is 47.0 Å². The maximum absolute atomic E-state index is 12.6. The van der Waals surface area contributed by atoms with Gasteiger partial charge in [-0.3, -0.25) is 9.59 Å². The molecule has 0 aromatic heterocycles. The summed E-state index contributed by atoms with van der Waals surface area (Å²) in [5.74, 6) is -0.283. The summed E-state index contributed by atoms with van der Waals surface area (Å²) in [4.78, 5) is 27.0. The van der Waals surface area contributed by atoms with Crippen molar-refractivity contribution in [3.63, 3.8) is 0 Å². The second-order valence-corrected chi connectivity index (χ2v) is 7.17. The molecule has 0 spiro atoms. The Bertz CT molecular complexity index is 811. The molecule has 156 valence electrons. The molecule has 2 aromatic carbocycles. The quantitative estimate of drug-likeness (QED) is 0.556. The summed E-state index contributed by atoms with van der Waals surface area (Å²) in [6.07, 6.45) is 3.21. The average Bonchev–Trinajstić information content (AvgIpc) is 2.74. The monoisotopic (exact) mass is 395 g/mol. The molecule has 0 aliphatic carbocycles. The van der Waals surface area contributed by atoms with Crippen LogP contribution < -0.4 is 15.5 Å². The van der Waals surface area contributed by atoms with Gasteiger partial charge in [0.25, 0.3) is 11.8 Å². The highest BCUT2D eigenvalue weighted by Crippen LogP contribution is 2.23. The molecule has 5 nitrogen and oxygen atoms in total. The van der Waals surface area contributed by atoms with Crippen molar-refractivity contribution in [1.29, 1.82) is 0 Å². The molecule has 0 heterocycles. The maximum atomic E-state index is 12.6. The smallest absolute Gasteiger partial charge is 0.255 e. The van der Waals surface area contributed by atoms with Crippen molar-refractivity contribution in [3.05, 3.63) is 59.2 Å². The van der Waals surface area contributed by atoms with Crippen LogP contribution in [0.2, 0.25) is 0 Å². The molecule has 0 fully saturated rings. The van der Waals surface area contributed by atoms with E-state index in [4.69, 9.17) is 0 Å². The summed E-state index contributed by atoms with van der Waals surface area (Å²) in [7, 11) is 0. The Hall–Kier alpha value is -2.82. The summed E-state index contributed by atoms with van der Waals surface area (Å²) in [5.41, 5.74) is 4.06. The van der Waals surface area contributed by atoms with Gasteiger partial charge >= 0.3 is 0 Å². The Kier molecular flexibility index (Phi) is 8.71. The highest BCUT2D eigenvalue weighted by Gasteiger charge is 2.11. The van der Waals surface area contributed by atoms with Crippen molar-refractivity contribution in [2.24, 2.45) is 0 Å². The van der Waals surface area contributed by atoms with E-state index >= 15 is 0 Å². The average molecular weight is 396 g/mol. The van der Waals surface area contributed by atoms with Crippen LogP contribution in [-0.4, -0.2) is 31.4 Å². The van der Waals surface area contributed by atoms with E-state index in [1.165, 1.54) is 0 Å². The Labute approximate surface area is 174 Å². The predicted molar refractivity (Wildman–Crippen MR) is 121 cm³/mol. The number of unbranched alkanes of at least 4 members (excludes halogenated alkanes) is 2. The number of carbonyl (C=O) groups is 2. The Morgan fingerprint density at radius 3 is 2.03 bits per heavy atom. The summed E-state index contributed by atoms with van der Waals surface area (Å²) in [6, 6.07) is 12.8. The summed E-state index contributed by atoms with van der Waals surface area (Å²) in [5, 5.41) is 5.88. The molecule has 2 amide bonds. The van der Waals surface area contributed by atoms with Crippen molar-refractivity contribution in [2.75, 3.05) is 29.9 Å². The standard InChI is InChI=1S/C24H33N3O2/c1-5-8-9-16-25-23(28)19-10-12-20(13-11-19)24(29)26-22-15-14-21(17-18(22)4)27(6-2)7-3/h10-15,17H,5-9,16H2,1-4H3,(H,25,28)(H,26,29). The zero-order chi connectivity index (χ0) is 21.2. The first-order chi connectivity index (χ1) is 14.0. The lowest BCUT2D eigenvalue weighted by Gasteiger charge is -2.22. The number of amides is 2. The Balaban J connectivity index is 1.99. The molecule has 0 unspecified atom stereocenters. The van der Waals surface area contributed by atoms with Crippen LogP contribution in [0, 0.1) is 6.92 Å². The molecule has 2 N–H and O–H groups in total. The number of carbonyl (C=O) groups excluding carboxylic acids is 2. The molecule has 0 aliphatic rings. The van der Waals surface area contributed by atoms with Crippen LogP contribution in [0.25, 0.3) is 0 Å². The summed E-state index contributed by atoms with van der Waals surface area (Å²) >= 11 is 0. The fourth-order valence-corrected chi connectivity index (χ4v) is 3.22. The molecule has 0 saturated carbocycles. The number of hydrogen-bond acceptors (Lipinski definition) is 3. The first-order valence-electron chi connectivity index (χ1n) is 10.5. The second kappa shape index (κ2) is 11.2. The number of aryl methyl sites for hydroxylation is 1. The van der Waals surface area contributed by atoms with Gasteiger partial charge in [-0.15, -0.1) is 0 Å². The van der Waals surface area contributed by atoms with E-state index in [0.717, 1.165) is 49.3 Å². The fraction of sp³-hybridized carbons (Fsp3) is 0.417. The van der Waals surface area contributed by atoms with Gasteiger partial charge in [0, 0.05) is 42.1 Å². The molecule has 0 atom stereocenters. The van der Waals surface area contributed by atoms with Gasteiger partial charge in [-0.1, -0.05) is 19.8 Å². The molecule has 0 aliphatic heterocycles. The van der Waals surface area contributed by atoms with Crippen molar-refractivity contribution < 1.29 is 9.59 Å². The largest absolute Gasteiger partial charge is 0.372 e. The van der Waals surface area contributed by atoms with Gasteiger partial charge in [-0.2, -0.15) is 0 Å². The zero-order valence-corrected chi connectivity index (χ0v) is 18.0. The lowest BCUT2D eigenvalue weighted by molar-refractivity contribution is 0.0951. The molecular formula is C24H33N3O2. The van der Waals surface area contributed by atoms with E-state index in [1.54, 1.807) is 24.3 Å². The predicted octanol–water partition coefficient (Wildman–Crippen LogP) is 5.01. The van der Waals surface area contributed by atoms with Crippen molar-refractivity contribution in [1.82, 2.24) is 5.32 Å². The van der Waals surface area contributed by atoms with Crippen LogP contribution in [-0.2, 0) is 0 Å². The molecular weight excluding hydrogens is 362 g/mol. The topological polar surface area (TPSA) is 61.4 Å². The van der Waals surface area contributed by atoms with Crippen LogP contribution in [0.1, 0.15) is 66.3 Å². The van der Waals surface area contributed by atoms with E-state index in [2.05, 4.69) is 42.4 Å². The lowest BCUT2D eigenvalue weighted by atomic mass is 10.1. The normalized spacial score (nSPS) is 10.5. The second-order valence-electron chi connectivity index (χ2n) is 7.17. The Morgan fingerprint density at radius 1 is 0.862 bits per heavy atom. The minimum atomic E-state index is -0.182. The number of nitrogens with one attached hydrogen (secondary N) is 2. The zero-order valence-electron chi connectivity index (χ0n) is 18.0. The van der Waals surface area contributed by atoms with E-state index in [-0.39, 0.29) is 11.8 Å². The van der Waals surface area contributed by atoms with Crippen LogP contribution in [0.5, 0.6) is 0 Å². The van der Waals surface area contributed by atoms with Crippen molar-refractivity contribution in [3.8, 4) is 0 Å². The highest BCUT2D eigenvalue weighted by molar-refractivity contribution is 6.05. The SMILES string of the molecule is CCCCCNC(=O)c1ccc(C(=O)Nc2ccc(N(CC)CC)cc2C)cc1. The van der Waals surface area contributed by atoms with Gasteiger partial charge in [0.2, 0.25) is 0 Å². The molecule has 0 radical (unpaired) electrons. The molecule has 0 bridgehead atoms. The summed E-state index contributed by atoms with van der Waals surface area (Å²) < 4.78 is 0. The van der Waals surface area contributed by atoms with Gasteiger partial charge in [-0.05, 0) is 75.2 Å². The molecule has 2 aromatic rings. The number of anilines is 2. The highest BCUT2D eigenvalue weighted by atomic mass is 16.2. The van der Waals surface area contributed by atoms with Gasteiger partial charge in [0.1, 0.15) is 0 Å². The van der Waals surface area contributed by atoms with E-state index in [9.17, 15) is 9.59 Å². The van der Waals surface area contributed by atoms with E-state index < -0.39 is 0 Å². The molecule has 0 saturated heterocycles. The minimum Gasteiger partial charge on any atom is -0.372 e. The van der Waals surface area contributed by atoms with Gasteiger partial charge in [0.05, 0.1) is 0 Å². The number of nitrogens with zero attached hydrogens (tertiary/aromatic N) is 1. The third kappa shape index (κ3) is 6.34. The third-order valence-electron chi connectivity index (χ3n) is 5.06. The van der Waals surface area contributed by atoms with Gasteiger partial charge < -0.3 is 15.5 Å². The van der Waals surface area contributed by atoms with Crippen LogP contribution >= 0.6 is 0 Å². The third-order valence-corrected chi connectivity index (χ3v) is 5.06. The first kappa shape index (κ1) is 22.5. The molecule has 29 heavy (non-hydrogen) atoms. The molecule has 5 heteroatoms. The Morgan fingerprint density at radius 2 is 1.48 bits per heavy atom. The van der Waals surface area contributed by atoms with Gasteiger partial charge in [0.15, 0.2) is 0 Å². The maximum Gasteiger partial charge on any atom is 0.255 e. The number of hydrogen-bond donors (Lipinski definition) is 2. The lowest BCUT2D eigenvalue weighted by Crippen LogP contribution is -2.24. The van der Waals surface area contributed by atoms with Crippen LogP contribution in [0.3, 0.4) is 0 Å². The van der Waals surface area contributed by atoms with E-state index in [1.807, 2.05) is 19.1 Å². The number of benzene rings is 2. The first-order valence-corrected chi connectivity index (χ1v) is 10.5. The summed E-state index contributed by atoms with van der Waals surface area (Å²) in [6.45, 7) is 11.0. The van der Waals surface area contributed by atoms with E-state index in [0.29, 0.717) is 17.7 Å². The van der Waals surface area contributed by atoms with Crippen LogP contribution in [0.4, 0.5) is 11.4 Å². The fourth-order valence-electron chi connectivity index (χ4n) is 3.22. The minimum absolute atomic E-state index is 0.101. The van der Waals surface area contributed by atoms with Crippen molar-refractivity contribution >= 4 is 23.2 Å².